The molecule has 0 bridgehead atoms. The van der Waals surface area contributed by atoms with Crippen molar-refractivity contribution in [3.05, 3.63) is 58.7 Å². The molecule has 0 N–H and O–H groups in total. The number of rotatable bonds is 2. The molecule has 0 radical (unpaired) electrons. The van der Waals surface area contributed by atoms with Gasteiger partial charge in [0.05, 0.1) is 10.6 Å². The summed E-state index contributed by atoms with van der Waals surface area (Å²) in [5.74, 6) is -15.0. The van der Waals surface area contributed by atoms with Crippen molar-refractivity contribution in [1.82, 2.24) is 0 Å². The predicted molar refractivity (Wildman–Crippen MR) is 67.7 cm³/mol. The zero-order chi connectivity index (χ0) is 16.8. The fraction of sp³-hybridized carbons (Fsp3) is 0. The van der Waals surface area contributed by atoms with Crippen molar-refractivity contribution in [3.8, 4) is 0 Å². The Morgan fingerprint density at radius 2 is 0.773 bits per heavy atom. The Hall–Kier alpha value is -1.21. The Morgan fingerprint density at radius 3 is 1.00 bits per heavy atom. The summed E-state index contributed by atoms with van der Waals surface area (Å²) in [5, 5.41) is -2.79. The summed E-state index contributed by atoms with van der Waals surface area (Å²) < 4.78 is 107. The van der Waals surface area contributed by atoms with Gasteiger partial charge in [0.2, 0.25) is 0 Å². The molecule has 0 aromatic heterocycles. The number of hydrogen-bond donors (Lipinski definition) is 0. The summed E-state index contributed by atoms with van der Waals surface area (Å²) in [6.07, 6.45) is 0. The molecular formula is C12H2BrF8P. The van der Waals surface area contributed by atoms with E-state index < -0.39 is 63.8 Å². The number of hydrogen-bond acceptors (Lipinski definition) is 0. The average molecular weight is 409 g/mol. The molecule has 0 aliphatic carbocycles. The van der Waals surface area contributed by atoms with Gasteiger partial charge in [-0.05, 0) is 15.5 Å². The minimum Gasteiger partial charge on any atom is -0.204 e. The monoisotopic (exact) mass is 408 g/mol. The normalized spacial score (nSPS) is 11.4. The molecule has 118 valence electrons. The lowest BCUT2D eigenvalue weighted by atomic mass is 10.3. The molecule has 0 aliphatic rings. The maximum absolute atomic E-state index is 13.6. The van der Waals surface area contributed by atoms with Crippen LogP contribution in [0.1, 0.15) is 0 Å². The summed E-state index contributed by atoms with van der Waals surface area (Å²) in [5.41, 5.74) is 0. The Kier molecular flexibility index (Phi) is 4.77. The molecule has 10 heteroatoms. The zero-order valence-electron chi connectivity index (χ0n) is 10.0. The first-order valence-corrected chi connectivity index (χ1v) is 8.64. The van der Waals surface area contributed by atoms with E-state index in [1.54, 1.807) is 0 Å². The molecule has 0 unspecified atom stereocenters. The quantitative estimate of drug-likeness (QED) is 0.388. The topological polar surface area (TPSA) is 0 Å². The van der Waals surface area contributed by atoms with E-state index >= 15 is 0 Å². The van der Waals surface area contributed by atoms with Crippen LogP contribution < -0.4 is 10.6 Å². The molecular weight excluding hydrogens is 407 g/mol. The van der Waals surface area contributed by atoms with Gasteiger partial charge in [-0.2, -0.15) is 0 Å². The lowest BCUT2D eigenvalue weighted by Gasteiger charge is -2.15. The van der Waals surface area contributed by atoms with E-state index in [-0.39, 0.29) is 12.1 Å². The van der Waals surface area contributed by atoms with Gasteiger partial charge < -0.3 is 0 Å². The number of benzene rings is 2. The van der Waals surface area contributed by atoms with Gasteiger partial charge in [0.15, 0.2) is 46.5 Å². The van der Waals surface area contributed by atoms with Gasteiger partial charge in [0.1, 0.15) is 0 Å². The molecule has 0 amide bonds. The van der Waals surface area contributed by atoms with Crippen LogP contribution in [0.2, 0.25) is 0 Å². The molecule has 0 saturated heterocycles. The van der Waals surface area contributed by atoms with Crippen molar-refractivity contribution < 1.29 is 35.1 Å². The second-order valence-corrected chi connectivity index (χ2v) is 7.50. The van der Waals surface area contributed by atoms with Crippen LogP contribution in [0.4, 0.5) is 35.1 Å². The third-order valence-corrected chi connectivity index (χ3v) is 6.27. The van der Waals surface area contributed by atoms with Crippen molar-refractivity contribution in [2.75, 3.05) is 0 Å². The van der Waals surface area contributed by atoms with Gasteiger partial charge in [-0.25, -0.2) is 35.1 Å². The zero-order valence-corrected chi connectivity index (χ0v) is 12.5. The third kappa shape index (κ3) is 2.72. The highest BCUT2D eigenvalue weighted by atomic mass is 79.9. The van der Waals surface area contributed by atoms with Gasteiger partial charge in [0.25, 0.3) is 0 Å². The van der Waals surface area contributed by atoms with Crippen LogP contribution in [0.5, 0.6) is 0 Å². The Bertz CT molecular complexity index is 648. The minimum atomic E-state index is -2.97. The van der Waals surface area contributed by atoms with Crippen LogP contribution in [0, 0.1) is 46.5 Å². The molecule has 0 nitrogen and oxygen atoms in total. The van der Waals surface area contributed by atoms with E-state index in [1.165, 1.54) is 0 Å². The van der Waals surface area contributed by atoms with E-state index in [0.717, 1.165) is 0 Å². The van der Waals surface area contributed by atoms with Crippen molar-refractivity contribution in [2.24, 2.45) is 0 Å². The van der Waals surface area contributed by atoms with Crippen LogP contribution in [0.15, 0.2) is 12.1 Å². The second kappa shape index (κ2) is 6.12. The highest BCUT2D eigenvalue weighted by Gasteiger charge is 2.32. The molecule has 0 heterocycles. The summed E-state index contributed by atoms with van der Waals surface area (Å²) >= 11 is 2.47. The highest BCUT2D eigenvalue weighted by Crippen LogP contribution is 2.46. The maximum Gasteiger partial charge on any atom is 0.170 e. The third-order valence-electron chi connectivity index (χ3n) is 2.57. The Morgan fingerprint density at radius 1 is 0.545 bits per heavy atom. The molecule has 22 heavy (non-hydrogen) atoms. The summed E-state index contributed by atoms with van der Waals surface area (Å²) in [7, 11) is 0. The highest BCUT2D eigenvalue weighted by molar-refractivity contribution is 9.40. The Labute approximate surface area is 127 Å². The molecule has 0 atom stereocenters. The fourth-order valence-electron chi connectivity index (χ4n) is 1.58. The molecule has 2 aromatic carbocycles. The fourth-order valence-corrected chi connectivity index (χ4v) is 4.79. The van der Waals surface area contributed by atoms with Gasteiger partial charge in [0, 0.05) is 18.8 Å². The van der Waals surface area contributed by atoms with Gasteiger partial charge in [-0.1, -0.05) is 0 Å². The maximum atomic E-state index is 13.6. The molecule has 2 rings (SSSR count). The van der Waals surface area contributed by atoms with Crippen molar-refractivity contribution in [3.63, 3.8) is 0 Å². The lowest BCUT2D eigenvalue weighted by Crippen LogP contribution is -2.24. The molecule has 0 spiro atoms. The van der Waals surface area contributed by atoms with E-state index in [9.17, 15) is 35.1 Å². The standard InChI is InChI=1S/C12H2BrF8P/c13-22(11-7(18)3(14)1-4(15)8(11)19)12-9(20)5(16)2-6(17)10(12)21/h1-2H. The first-order chi connectivity index (χ1) is 10.2. The van der Waals surface area contributed by atoms with Gasteiger partial charge in [-0.15, -0.1) is 0 Å². The molecule has 2 aromatic rings. The van der Waals surface area contributed by atoms with E-state index in [1.807, 2.05) is 0 Å². The molecule has 0 fully saturated rings. The largest absolute Gasteiger partial charge is 0.204 e. The van der Waals surface area contributed by atoms with E-state index in [4.69, 9.17) is 0 Å². The van der Waals surface area contributed by atoms with Crippen LogP contribution in [-0.2, 0) is 0 Å². The van der Waals surface area contributed by atoms with Crippen LogP contribution >= 0.6 is 22.1 Å². The smallest absolute Gasteiger partial charge is 0.170 e. The summed E-state index contributed by atoms with van der Waals surface area (Å²) in [6.45, 7) is -2.97. The van der Waals surface area contributed by atoms with Crippen LogP contribution in [-0.4, -0.2) is 0 Å². The lowest BCUT2D eigenvalue weighted by molar-refractivity contribution is 0.461. The molecule has 0 aliphatic heterocycles. The average Bonchev–Trinajstić information content (AvgIpc) is 2.44. The van der Waals surface area contributed by atoms with Crippen molar-refractivity contribution >= 4 is 32.7 Å². The van der Waals surface area contributed by atoms with Gasteiger partial charge >= 0.3 is 0 Å². The summed E-state index contributed by atoms with van der Waals surface area (Å²) in [6, 6.07) is -0.216. The first kappa shape index (κ1) is 17.1. The minimum absolute atomic E-state index is 0.108. The van der Waals surface area contributed by atoms with E-state index in [2.05, 4.69) is 15.5 Å². The van der Waals surface area contributed by atoms with Crippen molar-refractivity contribution in [1.29, 1.82) is 0 Å². The SMILES string of the molecule is Fc1cc(F)c(F)c(P(Br)c2c(F)c(F)cc(F)c2F)c1F. The van der Waals surface area contributed by atoms with Gasteiger partial charge in [-0.3, -0.25) is 0 Å². The second-order valence-electron chi connectivity index (χ2n) is 3.91. The Balaban J connectivity index is 2.77. The van der Waals surface area contributed by atoms with Crippen molar-refractivity contribution in [2.45, 2.75) is 0 Å². The number of halogens is 9. The predicted octanol–water partition coefficient (Wildman–Crippen LogP) is 4.54. The van der Waals surface area contributed by atoms with E-state index in [0.29, 0.717) is 0 Å². The molecule has 0 saturated carbocycles. The van der Waals surface area contributed by atoms with Crippen LogP contribution in [0.3, 0.4) is 0 Å². The first-order valence-electron chi connectivity index (χ1n) is 5.28. The van der Waals surface area contributed by atoms with Crippen LogP contribution in [0.25, 0.3) is 0 Å². The summed E-state index contributed by atoms with van der Waals surface area (Å²) in [4.78, 5) is 0.